The highest BCUT2D eigenvalue weighted by Crippen LogP contribution is 2.47. The first-order valence-electron chi connectivity index (χ1n) is 19.4. The third-order valence-corrected chi connectivity index (χ3v) is 10.2. The fourth-order valence-corrected chi connectivity index (χ4v) is 7.02. The Morgan fingerprint density at radius 1 is 0.981 bits per heavy atom. The van der Waals surface area contributed by atoms with E-state index in [4.69, 9.17) is 33.2 Å². The highest BCUT2D eigenvalue weighted by molar-refractivity contribution is 5.83. The van der Waals surface area contributed by atoms with Crippen LogP contribution < -0.4 is 0 Å². The number of hydrogen-bond donors (Lipinski definition) is 3. The zero-order valence-corrected chi connectivity index (χ0v) is 32.2. The van der Waals surface area contributed by atoms with Gasteiger partial charge in [-0.15, -0.1) is 0 Å². The smallest absolute Gasteiger partial charge is 0.330 e. The molecule has 2 fully saturated rings. The van der Waals surface area contributed by atoms with Crippen molar-refractivity contribution in [3.63, 3.8) is 0 Å². The predicted octanol–water partition coefficient (Wildman–Crippen LogP) is 5.15. The molecule has 2 saturated heterocycles. The van der Waals surface area contributed by atoms with Gasteiger partial charge in [0.15, 0.2) is 12.4 Å². The number of hydrogen-bond acceptors (Lipinski definition) is 13. The lowest BCUT2D eigenvalue weighted by atomic mass is 9.74. The summed E-state index contributed by atoms with van der Waals surface area (Å²) in [6.45, 7) is 5.50. The molecule has 3 heterocycles. The maximum Gasteiger partial charge on any atom is 0.330 e. The number of benzene rings is 1. The van der Waals surface area contributed by atoms with E-state index in [1.165, 1.54) is 13.2 Å². The van der Waals surface area contributed by atoms with Crippen LogP contribution in [0, 0.1) is 5.41 Å². The molecule has 13 heteroatoms. The van der Waals surface area contributed by atoms with Crippen LogP contribution in [0.3, 0.4) is 0 Å². The number of methoxy groups -OCH3 is 1. The number of carbonyl (C=O) groups is 3. The molecule has 0 saturated carbocycles. The Morgan fingerprint density at radius 3 is 2.44 bits per heavy atom. The number of fused-ring (bicyclic) bond motifs is 4. The van der Waals surface area contributed by atoms with Gasteiger partial charge in [0.2, 0.25) is 5.79 Å². The van der Waals surface area contributed by atoms with Gasteiger partial charge in [-0.1, -0.05) is 82.9 Å². The highest BCUT2D eigenvalue weighted by atomic mass is 16.7. The van der Waals surface area contributed by atoms with Crippen molar-refractivity contribution in [2.24, 2.45) is 5.41 Å². The van der Waals surface area contributed by atoms with Crippen molar-refractivity contribution in [3.05, 3.63) is 59.7 Å². The van der Waals surface area contributed by atoms with E-state index < -0.39 is 66.4 Å². The van der Waals surface area contributed by atoms with Gasteiger partial charge in [0, 0.05) is 37.4 Å². The summed E-state index contributed by atoms with van der Waals surface area (Å²) in [6.07, 6.45) is 4.08. The van der Waals surface area contributed by atoms with Gasteiger partial charge < -0.3 is 48.5 Å². The largest absolute Gasteiger partial charge is 0.466 e. The number of aliphatic hydroxyl groups excluding tert-OH is 2. The van der Waals surface area contributed by atoms with Crippen molar-refractivity contribution >= 4 is 17.9 Å². The molecule has 0 amide bonds. The Morgan fingerprint density at radius 2 is 1.72 bits per heavy atom. The molecule has 1 unspecified atom stereocenters. The summed E-state index contributed by atoms with van der Waals surface area (Å²) in [5, 5.41) is 33.7. The average molecular weight is 761 g/mol. The second-order valence-corrected chi connectivity index (χ2v) is 15.0. The van der Waals surface area contributed by atoms with Gasteiger partial charge in [-0.05, 0) is 42.9 Å². The van der Waals surface area contributed by atoms with Crippen LogP contribution in [0.5, 0.6) is 0 Å². The quantitative estimate of drug-likeness (QED) is 0.0940. The predicted molar refractivity (Wildman–Crippen MR) is 197 cm³/mol. The summed E-state index contributed by atoms with van der Waals surface area (Å²) in [5.74, 6) is -4.30. The molecule has 302 valence electrons. The first kappa shape index (κ1) is 43.6. The van der Waals surface area contributed by atoms with Crippen LogP contribution in [0.15, 0.2) is 54.1 Å². The molecule has 0 radical (unpaired) electrons. The molecular weight excluding hydrogens is 700 g/mol. The van der Waals surface area contributed by atoms with E-state index in [2.05, 4.69) is 6.92 Å². The van der Waals surface area contributed by atoms with Gasteiger partial charge in [0.1, 0.15) is 6.10 Å². The minimum absolute atomic E-state index is 0.0151. The van der Waals surface area contributed by atoms with Crippen LogP contribution >= 0.6 is 0 Å². The molecule has 3 N–H and O–H groups in total. The van der Waals surface area contributed by atoms with Gasteiger partial charge in [-0.25, -0.2) is 4.79 Å². The normalized spacial score (nSPS) is 32.5. The number of cyclic esters (lactones) is 1. The zero-order valence-electron chi connectivity index (χ0n) is 32.2. The molecule has 0 spiro atoms. The Kier molecular flexibility index (Phi) is 17.1. The van der Waals surface area contributed by atoms with Gasteiger partial charge in [-0.3, -0.25) is 9.59 Å². The summed E-state index contributed by atoms with van der Waals surface area (Å²) < 4.78 is 41.5. The summed E-state index contributed by atoms with van der Waals surface area (Å²) in [6, 6.07) is 9.68. The minimum atomic E-state index is -2.27. The van der Waals surface area contributed by atoms with Gasteiger partial charge in [0.25, 0.3) is 0 Å². The van der Waals surface area contributed by atoms with E-state index in [0.29, 0.717) is 25.9 Å². The number of carbonyl (C=O) groups excluding carboxylic acids is 3. The molecule has 4 rings (SSSR count). The Labute approximate surface area is 318 Å². The molecule has 13 nitrogen and oxygen atoms in total. The third-order valence-electron chi connectivity index (χ3n) is 10.2. The number of esters is 3. The molecule has 3 aliphatic heterocycles. The monoisotopic (exact) mass is 760 g/mol. The molecule has 1 aromatic rings. The molecule has 3 aliphatic rings. The molecule has 0 aromatic heterocycles. The number of ether oxygens (including phenoxy) is 7. The minimum Gasteiger partial charge on any atom is -0.466 e. The SMILES string of the molecule is CCCCCCCC(=O)O[C@H]1/C(=C/C(=O)OC)C[C@H]2CC(CO)OC(=O)C[C@H](O)CCO[C@H](c3ccccc3)C[C@@H]3CCO[C@H](/C=C/C(C)(C)[C@]1(O)O2)O3. The number of unbranched alkanes of at least 4 members (excludes halogenated alkanes) is 4. The van der Waals surface area contributed by atoms with Crippen LogP contribution in [0.4, 0.5) is 0 Å². The van der Waals surface area contributed by atoms with Gasteiger partial charge >= 0.3 is 17.9 Å². The lowest BCUT2D eigenvalue weighted by Gasteiger charge is -2.51. The van der Waals surface area contributed by atoms with Crippen LogP contribution in [-0.4, -0.2) is 103 Å². The fraction of sp³-hybridized carbons (Fsp3) is 0.683. The Bertz CT molecular complexity index is 1390. The van der Waals surface area contributed by atoms with E-state index in [9.17, 15) is 29.7 Å². The van der Waals surface area contributed by atoms with E-state index >= 15 is 0 Å². The van der Waals surface area contributed by atoms with Gasteiger partial charge in [0.05, 0.1) is 51.2 Å². The number of aliphatic hydroxyl groups is 3. The van der Waals surface area contributed by atoms with E-state index in [1.54, 1.807) is 26.0 Å². The van der Waals surface area contributed by atoms with E-state index in [0.717, 1.165) is 31.2 Å². The first-order chi connectivity index (χ1) is 25.9. The lowest BCUT2D eigenvalue weighted by molar-refractivity contribution is -0.327. The van der Waals surface area contributed by atoms with Crippen molar-refractivity contribution in [1.29, 1.82) is 0 Å². The summed E-state index contributed by atoms with van der Waals surface area (Å²) in [4.78, 5) is 39.0. The average Bonchev–Trinajstić information content (AvgIpc) is 3.14. The lowest BCUT2D eigenvalue weighted by Crippen LogP contribution is -2.62. The Hall–Kier alpha value is -3.17. The summed E-state index contributed by atoms with van der Waals surface area (Å²) >= 11 is 0. The van der Waals surface area contributed by atoms with Crippen molar-refractivity contribution in [2.45, 2.75) is 147 Å². The molecule has 54 heavy (non-hydrogen) atoms. The summed E-state index contributed by atoms with van der Waals surface area (Å²) in [5.41, 5.74) is -0.149. The third kappa shape index (κ3) is 12.7. The van der Waals surface area contributed by atoms with E-state index in [1.807, 2.05) is 30.3 Å². The topological polar surface area (TPSA) is 177 Å². The van der Waals surface area contributed by atoms with Crippen molar-refractivity contribution in [1.82, 2.24) is 0 Å². The number of rotatable bonds is 10. The second kappa shape index (κ2) is 21.2. The van der Waals surface area contributed by atoms with Crippen molar-refractivity contribution in [3.8, 4) is 0 Å². The van der Waals surface area contributed by atoms with E-state index in [-0.39, 0.29) is 56.5 Å². The molecule has 8 atom stereocenters. The standard InChI is InChI=1S/C41H60O13/c1-5-6-7-8-12-15-35(44)53-39-29(23-36(45)48-4)22-32-25-33(27-42)51-37(46)24-30(43)17-20-49-34(28-13-10-9-11-14-28)26-31-18-21-50-38(52-31)16-19-40(2,3)41(39,47)54-32/h9-11,13-14,16,19,23,30-34,38-39,42-43,47H,5-8,12,15,17-18,20-22,24-27H2,1-4H3/b19-16+,29-23+/t30-,31+,32+,33?,34+,38+,39+,41-/m1/s1. The Balaban J connectivity index is 1.70. The van der Waals surface area contributed by atoms with Crippen LogP contribution in [-0.2, 0) is 47.5 Å². The van der Waals surface area contributed by atoms with Gasteiger partial charge in [-0.2, -0.15) is 0 Å². The molecule has 1 aromatic carbocycles. The fourth-order valence-electron chi connectivity index (χ4n) is 7.02. The zero-order chi connectivity index (χ0) is 39.1. The maximum absolute atomic E-state index is 13.3. The van der Waals surface area contributed by atoms with Crippen LogP contribution in [0.2, 0.25) is 0 Å². The summed E-state index contributed by atoms with van der Waals surface area (Å²) in [7, 11) is 1.22. The highest BCUT2D eigenvalue weighted by Gasteiger charge is 2.57. The molecular formula is C41H60O13. The van der Waals surface area contributed by atoms with Crippen LogP contribution in [0.1, 0.15) is 109 Å². The first-order valence-corrected chi connectivity index (χ1v) is 19.4. The molecule has 0 aliphatic carbocycles. The van der Waals surface area contributed by atoms with Crippen molar-refractivity contribution in [2.75, 3.05) is 26.9 Å². The second-order valence-electron chi connectivity index (χ2n) is 15.0. The molecule has 4 bridgehead atoms. The van der Waals surface area contributed by atoms with Crippen LogP contribution in [0.25, 0.3) is 0 Å². The maximum atomic E-state index is 13.3. The van der Waals surface area contributed by atoms with Crippen molar-refractivity contribution < 1.29 is 62.9 Å².